The second-order valence-electron chi connectivity index (χ2n) is 6.12. The zero-order chi connectivity index (χ0) is 21.7. The van der Waals surface area contributed by atoms with Crippen LogP contribution in [0.25, 0.3) is 0 Å². The number of halogens is 2. The van der Waals surface area contributed by atoms with Gasteiger partial charge in [-0.1, -0.05) is 12.1 Å². The fourth-order valence-corrected chi connectivity index (χ4v) is 3.64. The Kier molecular flexibility index (Phi) is 6.72. The number of alkyl halides is 2. The van der Waals surface area contributed by atoms with E-state index in [0.29, 0.717) is 32.3 Å². The molecule has 0 radical (unpaired) electrons. The van der Waals surface area contributed by atoms with Gasteiger partial charge in [-0.25, -0.2) is 8.42 Å². The van der Waals surface area contributed by atoms with Gasteiger partial charge in [-0.15, -0.1) is 0 Å². The minimum Gasteiger partial charge on any atom is -0.467 e. The number of carbonyl (C=O) groups is 1. The van der Waals surface area contributed by atoms with Crippen molar-refractivity contribution in [1.29, 1.82) is 0 Å². The summed E-state index contributed by atoms with van der Waals surface area (Å²) in [6, 6.07) is 4.78. The third-order valence-corrected chi connectivity index (χ3v) is 5.64. The molecule has 0 spiro atoms. The number of ether oxygens (including phenoxy) is 2. The van der Waals surface area contributed by atoms with E-state index in [4.69, 9.17) is 9.47 Å². The lowest BCUT2D eigenvalue weighted by Crippen LogP contribution is -2.37. The molecule has 0 saturated carbocycles. The van der Waals surface area contributed by atoms with Crippen molar-refractivity contribution in [3.8, 4) is 6.01 Å². The third-order valence-electron chi connectivity index (χ3n) is 4.21. The summed E-state index contributed by atoms with van der Waals surface area (Å²) in [4.78, 5) is 26.1. The van der Waals surface area contributed by atoms with Crippen LogP contribution in [0.15, 0.2) is 29.2 Å². The number of amides is 1. The summed E-state index contributed by atoms with van der Waals surface area (Å²) >= 11 is 0. The summed E-state index contributed by atoms with van der Waals surface area (Å²) in [6.45, 7) is 1.96. The molecule has 1 aliphatic rings. The molecule has 0 bridgehead atoms. The van der Waals surface area contributed by atoms with Crippen LogP contribution < -0.4 is 15.0 Å². The van der Waals surface area contributed by atoms with Gasteiger partial charge in [0.05, 0.1) is 37.3 Å². The van der Waals surface area contributed by atoms with E-state index in [2.05, 4.69) is 20.3 Å². The summed E-state index contributed by atoms with van der Waals surface area (Å²) in [5, 5.41) is 2.45. The maximum atomic E-state index is 12.9. The number of benzene rings is 1. The number of carbonyl (C=O) groups excluding carboxylic acids is 1. The molecule has 3 rings (SSSR count). The smallest absolute Gasteiger partial charge is 0.341 e. The molecule has 1 N–H and O–H groups in total. The maximum Gasteiger partial charge on any atom is 0.341 e. The lowest BCUT2D eigenvalue weighted by Gasteiger charge is -2.26. The summed E-state index contributed by atoms with van der Waals surface area (Å²) < 4.78 is 59.9. The van der Waals surface area contributed by atoms with Crippen molar-refractivity contribution < 1.29 is 31.5 Å². The molecular formula is C17H19F2N5O5S. The summed E-state index contributed by atoms with van der Waals surface area (Å²) in [6.07, 6.45) is 0. The Morgan fingerprint density at radius 1 is 1.23 bits per heavy atom. The van der Waals surface area contributed by atoms with Crippen LogP contribution in [0, 0.1) is 0 Å². The summed E-state index contributed by atoms with van der Waals surface area (Å²) in [5.41, 5.74) is -0.396. The molecule has 10 nitrogen and oxygen atoms in total. The molecule has 0 atom stereocenters. The van der Waals surface area contributed by atoms with E-state index < -0.39 is 32.0 Å². The van der Waals surface area contributed by atoms with Gasteiger partial charge >= 0.3 is 11.8 Å². The number of hydrogen-bond acceptors (Lipinski definition) is 9. The topological polar surface area (TPSA) is 124 Å². The minimum absolute atomic E-state index is 0.0384. The Morgan fingerprint density at radius 3 is 2.60 bits per heavy atom. The molecule has 13 heteroatoms. The molecule has 1 saturated heterocycles. The van der Waals surface area contributed by atoms with Gasteiger partial charge in [0.1, 0.15) is 0 Å². The molecule has 1 aliphatic heterocycles. The highest BCUT2D eigenvalue weighted by Crippen LogP contribution is 2.22. The molecule has 1 fully saturated rings. The van der Waals surface area contributed by atoms with Gasteiger partial charge in [0.25, 0.3) is 5.91 Å². The number of anilines is 1. The van der Waals surface area contributed by atoms with Gasteiger partial charge < -0.3 is 19.7 Å². The van der Waals surface area contributed by atoms with Crippen molar-refractivity contribution in [1.82, 2.24) is 20.3 Å². The highest BCUT2D eigenvalue weighted by molar-refractivity contribution is 7.91. The van der Waals surface area contributed by atoms with Crippen LogP contribution in [0.3, 0.4) is 0 Å². The van der Waals surface area contributed by atoms with E-state index in [1.165, 1.54) is 19.2 Å². The zero-order valence-electron chi connectivity index (χ0n) is 15.9. The Bertz CT molecular complexity index is 1020. The van der Waals surface area contributed by atoms with Gasteiger partial charge in [0.15, 0.2) is 5.82 Å². The number of hydrogen-bond donors (Lipinski definition) is 1. The first-order chi connectivity index (χ1) is 14.3. The maximum absolute atomic E-state index is 12.9. The quantitative estimate of drug-likeness (QED) is 0.657. The van der Waals surface area contributed by atoms with Crippen molar-refractivity contribution in [3.05, 3.63) is 35.7 Å². The Morgan fingerprint density at radius 2 is 1.93 bits per heavy atom. The average Bonchev–Trinajstić information content (AvgIpc) is 2.77. The first-order valence-corrected chi connectivity index (χ1v) is 10.4. The number of aromatic nitrogens is 3. The van der Waals surface area contributed by atoms with E-state index >= 15 is 0 Å². The van der Waals surface area contributed by atoms with Crippen LogP contribution in [0.1, 0.15) is 16.2 Å². The number of nitrogens with one attached hydrogen (secondary N) is 1. The summed E-state index contributed by atoms with van der Waals surface area (Å²) in [5.74, 6) is -4.00. The number of nitrogens with zero attached hydrogens (tertiary/aromatic N) is 4. The normalized spacial score (nSPS) is 14.6. The second kappa shape index (κ2) is 9.26. The van der Waals surface area contributed by atoms with Crippen LogP contribution in [0.5, 0.6) is 6.01 Å². The predicted molar refractivity (Wildman–Crippen MR) is 100 cm³/mol. The molecular weight excluding hydrogens is 424 g/mol. The predicted octanol–water partition coefficient (Wildman–Crippen LogP) is 0.643. The molecule has 0 aliphatic carbocycles. The van der Waals surface area contributed by atoms with Crippen molar-refractivity contribution in [2.45, 2.75) is 17.2 Å². The molecule has 30 heavy (non-hydrogen) atoms. The van der Waals surface area contributed by atoms with Gasteiger partial charge in [-0.05, 0) is 12.1 Å². The number of rotatable bonds is 7. The van der Waals surface area contributed by atoms with E-state index in [-0.39, 0.29) is 18.4 Å². The van der Waals surface area contributed by atoms with E-state index in [0.717, 1.165) is 12.1 Å². The largest absolute Gasteiger partial charge is 0.467 e. The van der Waals surface area contributed by atoms with Gasteiger partial charge in [-0.2, -0.15) is 23.7 Å². The van der Waals surface area contributed by atoms with Crippen molar-refractivity contribution in [2.75, 3.05) is 38.3 Å². The molecule has 1 amide bonds. The van der Waals surface area contributed by atoms with Gasteiger partial charge in [-0.3, -0.25) is 4.79 Å². The van der Waals surface area contributed by atoms with Gasteiger partial charge in [0.2, 0.25) is 15.8 Å². The molecule has 1 aromatic heterocycles. The SMILES string of the molecule is COc1nc(CNC(=O)c2ccccc2S(=O)(=O)C(F)F)nc(N2CCOCC2)n1. The fourth-order valence-electron chi connectivity index (χ4n) is 2.71. The van der Waals surface area contributed by atoms with E-state index in [1.807, 2.05) is 4.90 Å². The number of morpholine rings is 1. The fraction of sp³-hybridized carbons (Fsp3) is 0.412. The zero-order valence-corrected chi connectivity index (χ0v) is 16.7. The average molecular weight is 443 g/mol. The highest BCUT2D eigenvalue weighted by atomic mass is 32.2. The van der Waals surface area contributed by atoms with E-state index in [9.17, 15) is 22.0 Å². The van der Waals surface area contributed by atoms with Crippen molar-refractivity contribution >= 4 is 21.7 Å². The monoisotopic (exact) mass is 443 g/mol. The Labute approximate surface area is 171 Å². The molecule has 2 heterocycles. The summed E-state index contributed by atoms with van der Waals surface area (Å²) in [7, 11) is -3.56. The highest BCUT2D eigenvalue weighted by Gasteiger charge is 2.30. The Hall–Kier alpha value is -2.93. The lowest BCUT2D eigenvalue weighted by molar-refractivity contribution is 0.0946. The van der Waals surface area contributed by atoms with Gasteiger partial charge in [0, 0.05) is 13.1 Å². The van der Waals surface area contributed by atoms with Crippen molar-refractivity contribution in [2.24, 2.45) is 0 Å². The standard InChI is InChI=1S/C17H19F2N5O5S/c1-28-17-22-13(21-16(23-17)24-6-8-29-9-7-24)10-20-14(25)11-4-2-3-5-12(11)30(26,27)15(18)19/h2-5,15H,6-10H2,1H3,(H,20,25). The van der Waals surface area contributed by atoms with Crippen LogP contribution in [0.2, 0.25) is 0 Å². The van der Waals surface area contributed by atoms with Crippen LogP contribution in [-0.2, 0) is 21.1 Å². The third kappa shape index (κ3) is 4.79. The molecule has 1 aromatic carbocycles. The van der Waals surface area contributed by atoms with Crippen LogP contribution >= 0.6 is 0 Å². The second-order valence-corrected chi connectivity index (χ2v) is 8.01. The van der Waals surface area contributed by atoms with Crippen LogP contribution in [0.4, 0.5) is 14.7 Å². The number of sulfone groups is 1. The van der Waals surface area contributed by atoms with Crippen molar-refractivity contribution in [3.63, 3.8) is 0 Å². The number of methoxy groups -OCH3 is 1. The Balaban J connectivity index is 1.80. The lowest BCUT2D eigenvalue weighted by atomic mass is 10.2. The van der Waals surface area contributed by atoms with E-state index in [1.54, 1.807) is 0 Å². The molecule has 2 aromatic rings. The first kappa shape index (κ1) is 21.8. The van der Waals surface area contributed by atoms with Crippen LogP contribution in [-0.4, -0.2) is 68.4 Å². The molecule has 0 unspecified atom stereocenters. The first-order valence-electron chi connectivity index (χ1n) is 8.84. The molecule has 162 valence electrons. The minimum atomic E-state index is -4.94.